The number of nitrogens with zero attached hydrogens (tertiary/aromatic N) is 4. The molecule has 0 unspecified atom stereocenters. The number of benzene rings is 1. The van der Waals surface area contributed by atoms with E-state index in [0.717, 1.165) is 40.9 Å². The van der Waals surface area contributed by atoms with Gasteiger partial charge in [0.05, 0.1) is 17.9 Å². The van der Waals surface area contributed by atoms with Crippen LogP contribution in [-0.2, 0) is 19.1 Å². The second-order valence-electron chi connectivity index (χ2n) is 6.60. The average molecular weight is 564 g/mol. The Bertz CT molecular complexity index is 984. The lowest BCUT2D eigenvalue weighted by Crippen LogP contribution is -2.37. The van der Waals surface area contributed by atoms with Crippen molar-refractivity contribution in [3.8, 4) is 5.69 Å². The first kappa shape index (κ1) is 25.1. The Morgan fingerprint density at radius 2 is 1.94 bits per heavy atom. The van der Waals surface area contributed by atoms with Crippen LogP contribution in [0.1, 0.15) is 28.4 Å². The van der Waals surface area contributed by atoms with Gasteiger partial charge < -0.3 is 10.6 Å². The van der Waals surface area contributed by atoms with E-state index in [4.69, 9.17) is 0 Å². The molecule has 1 aromatic carbocycles. The highest BCUT2D eigenvalue weighted by molar-refractivity contribution is 14.0. The fourth-order valence-corrected chi connectivity index (χ4v) is 3.58. The van der Waals surface area contributed by atoms with Gasteiger partial charge in [-0.25, -0.2) is 9.67 Å². The molecule has 2 aromatic heterocycles. The lowest BCUT2D eigenvalue weighted by molar-refractivity contribution is -0.140. The molecule has 0 saturated heterocycles. The van der Waals surface area contributed by atoms with Gasteiger partial charge in [0.2, 0.25) is 0 Å². The summed E-state index contributed by atoms with van der Waals surface area (Å²) in [6.07, 6.45) is -0.666. The van der Waals surface area contributed by atoms with Gasteiger partial charge in [-0.05, 0) is 37.5 Å². The first-order valence-electron chi connectivity index (χ1n) is 9.43. The predicted octanol–water partition coefficient (Wildman–Crippen LogP) is 4.57. The zero-order valence-corrected chi connectivity index (χ0v) is 20.3. The maximum atomic E-state index is 12.6. The predicted molar refractivity (Wildman–Crippen MR) is 127 cm³/mol. The van der Waals surface area contributed by atoms with Crippen molar-refractivity contribution >= 4 is 41.3 Å². The molecule has 0 atom stereocenters. The molecule has 0 aliphatic rings. The van der Waals surface area contributed by atoms with Gasteiger partial charge in [-0.1, -0.05) is 18.2 Å². The highest BCUT2D eigenvalue weighted by atomic mass is 127. The smallest absolute Gasteiger partial charge is 0.356 e. The van der Waals surface area contributed by atoms with Gasteiger partial charge in [0, 0.05) is 25.2 Å². The number of aromatic nitrogens is 3. The topological polar surface area (TPSA) is 67.1 Å². The molecule has 0 saturated carbocycles. The van der Waals surface area contributed by atoms with Crippen LogP contribution in [0.3, 0.4) is 0 Å². The van der Waals surface area contributed by atoms with E-state index in [1.165, 1.54) is 5.56 Å². The molecule has 0 spiro atoms. The van der Waals surface area contributed by atoms with Gasteiger partial charge in [0.15, 0.2) is 11.7 Å². The summed E-state index contributed by atoms with van der Waals surface area (Å²) in [5.74, 6) is 0.524. The number of alkyl halides is 3. The molecule has 3 rings (SSSR count). The van der Waals surface area contributed by atoms with E-state index in [1.807, 2.05) is 48.1 Å². The number of halogens is 4. The monoisotopic (exact) mass is 564 g/mol. The van der Waals surface area contributed by atoms with Crippen molar-refractivity contribution in [2.24, 2.45) is 4.99 Å². The van der Waals surface area contributed by atoms with E-state index in [2.05, 4.69) is 25.7 Å². The van der Waals surface area contributed by atoms with Crippen LogP contribution < -0.4 is 10.6 Å². The highest BCUT2D eigenvalue weighted by Gasteiger charge is 2.33. The molecule has 2 N–H and O–H groups in total. The number of aryl methyl sites for hydroxylation is 2. The molecule has 31 heavy (non-hydrogen) atoms. The SMILES string of the molecule is CN=C(NCCCc1cn(-c2ccccc2)nc1C)NCc1nc(C(F)(F)F)cs1.I. The number of thiazole rings is 1. The Balaban J connectivity index is 0.00000341. The summed E-state index contributed by atoms with van der Waals surface area (Å²) in [6.45, 7) is 2.84. The van der Waals surface area contributed by atoms with Gasteiger partial charge in [-0.15, -0.1) is 35.3 Å². The standard InChI is InChI=1S/C20H23F3N6S.HI/c1-14-15(12-29(28-14)16-8-4-3-5-9-16)7-6-10-25-19(24-2)26-11-18-27-17(13-30-18)20(21,22)23;/h3-5,8-9,12-13H,6-7,10-11H2,1-2H3,(H2,24,25,26);1H. The number of aliphatic imine (C=N–C) groups is 1. The fraction of sp³-hybridized carbons (Fsp3) is 0.350. The minimum atomic E-state index is -4.42. The Morgan fingerprint density at radius 1 is 1.19 bits per heavy atom. The lowest BCUT2D eigenvalue weighted by Gasteiger charge is -2.10. The van der Waals surface area contributed by atoms with Crippen LogP contribution in [0.5, 0.6) is 0 Å². The summed E-state index contributed by atoms with van der Waals surface area (Å²) in [5.41, 5.74) is 2.32. The van der Waals surface area contributed by atoms with Crippen LogP contribution in [0, 0.1) is 6.92 Å². The molecule has 0 aliphatic heterocycles. The normalized spacial score (nSPS) is 11.8. The summed E-state index contributed by atoms with van der Waals surface area (Å²) in [7, 11) is 1.62. The molecule has 6 nitrogen and oxygen atoms in total. The third-order valence-corrected chi connectivity index (χ3v) is 5.26. The summed E-state index contributed by atoms with van der Waals surface area (Å²) < 4.78 is 39.7. The lowest BCUT2D eigenvalue weighted by atomic mass is 10.1. The van der Waals surface area contributed by atoms with Crippen molar-refractivity contribution in [3.63, 3.8) is 0 Å². The minimum Gasteiger partial charge on any atom is -0.356 e. The molecule has 168 valence electrons. The van der Waals surface area contributed by atoms with Crippen molar-refractivity contribution in [1.82, 2.24) is 25.4 Å². The van der Waals surface area contributed by atoms with Crippen molar-refractivity contribution in [3.05, 3.63) is 63.9 Å². The van der Waals surface area contributed by atoms with Crippen LogP contribution in [-0.4, -0.2) is 34.3 Å². The maximum absolute atomic E-state index is 12.6. The Kier molecular flexibility index (Phi) is 9.29. The van der Waals surface area contributed by atoms with E-state index < -0.39 is 11.9 Å². The van der Waals surface area contributed by atoms with E-state index in [1.54, 1.807) is 7.05 Å². The summed E-state index contributed by atoms with van der Waals surface area (Å²) >= 11 is 0.971. The zero-order chi connectivity index (χ0) is 21.6. The number of hydrogen-bond acceptors (Lipinski definition) is 4. The van der Waals surface area contributed by atoms with Gasteiger partial charge in [0.1, 0.15) is 5.01 Å². The average Bonchev–Trinajstić information content (AvgIpc) is 3.35. The quantitative estimate of drug-likeness (QED) is 0.191. The molecular weight excluding hydrogens is 540 g/mol. The van der Waals surface area contributed by atoms with Gasteiger partial charge in [-0.2, -0.15) is 18.3 Å². The second-order valence-corrected chi connectivity index (χ2v) is 7.54. The number of hydrogen-bond donors (Lipinski definition) is 2. The van der Waals surface area contributed by atoms with E-state index >= 15 is 0 Å². The van der Waals surface area contributed by atoms with Crippen LogP contribution >= 0.6 is 35.3 Å². The largest absolute Gasteiger partial charge is 0.434 e. The number of rotatable bonds is 7. The third kappa shape index (κ3) is 7.20. The minimum absolute atomic E-state index is 0. The molecular formula is C20H24F3IN6S. The van der Waals surface area contributed by atoms with Gasteiger partial charge in [0.25, 0.3) is 0 Å². The molecule has 0 aliphatic carbocycles. The van der Waals surface area contributed by atoms with Crippen LogP contribution in [0.15, 0.2) is 46.9 Å². The summed E-state index contributed by atoms with van der Waals surface area (Å²) in [5, 5.41) is 12.1. The first-order valence-corrected chi connectivity index (χ1v) is 10.3. The molecule has 0 radical (unpaired) electrons. The number of guanidine groups is 1. The summed E-state index contributed by atoms with van der Waals surface area (Å²) in [6, 6.07) is 9.94. The zero-order valence-electron chi connectivity index (χ0n) is 17.1. The van der Waals surface area contributed by atoms with Gasteiger partial charge >= 0.3 is 6.18 Å². The summed E-state index contributed by atoms with van der Waals surface area (Å²) in [4.78, 5) is 7.70. The van der Waals surface area contributed by atoms with Crippen LogP contribution in [0.4, 0.5) is 13.2 Å². The number of para-hydroxylation sites is 1. The third-order valence-electron chi connectivity index (χ3n) is 4.41. The van der Waals surface area contributed by atoms with E-state index in [-0.39, 0.29) is 30.5 Å². The maximum Gasteiger partial charge on any atom is 0.434 e. The van der Waals surface area contributed by atoms with Crippen molar-refractivity contribution in [2.75, 3.05) is 13.6 Å². The first-order chi connectivity index (χ1) is 14.4. The fourth-order valence-electron chi connectivity index (χ4n) is 2.84. The van der Waals surface area contributed by atoms with Crippen LogP contribution in [0.25, 0.3) is 5.69 Å². The van der Waals surface area contributed by atoms with Crippen molar-refractivity contribution < 1.29 is 13.2 Å². The molecule has 0 amide bonds. The molecule has 3 aromatic rings. The number of nitrogens with one attached hydrogen (secondary N) is 2. The molecule has 2 heterocycles. The molecule has 0 fully saturated rings. The Hall–Kier alpha value is -2.15. The molecule has 0 bridgehead atoms. The Labute approximate surface area is 200 Å². The highest BCUT2D eigenvalue weighted by Crippen LogP contribution is 2.29. The van der Waals surface area contributed by atoms with Crippen LogP contribution in [0.2, 0.25) is 0 Å². The second kappa shape index (κ2) is 11.5. The van der Waals surface area contributed by atoms with Crippen molar-refractivity contribution in [1.29, 1.82) is 0 Å². The van der Waals surface area contributed by atoms with E-state index in [0.29, 0.717) is 17.5 Å². The Morgan fingerprint density at radius 3 is 2.58 bits per heavy atom. The van der Waals surface area contributed by atoms with E-state index in [9.17, 15) is 13.2 Å². The molecule has 11 heteroatoms. The van der Waals surface area contributed by atoms with Gasteiger partial charge in [-0.3, -0.25) is 4.99 Å². The van der Waals surface area contributed by atoms with Crippen molar-refractivity contribution in [2.45, 2.75) is 32.5 Å².